The standard InChI is InChI=1S/C10H14FN3O2S/c1-10(2,11)6-4-12-8(17-6)14-7(15)5-13(3)9(14)16/h4,7,15H,5H2,1-3H3. The van der Waals surface area contributed by atoms with Crippen molar-refractivity contribution < 1.29 is 14.3 Å². The van der Waals surface area contributed by atoms with Crippen LogP contribution in [0.15, 0.2) is 6.20 Å². The largest absolute Gasteiger partial charge is 0.371 e. The van der Waals surface area contributed by atoms with E-state index in [4.69, 9.17) is 0 Å². The zero-order chi connectivity index (χ0) is 12.8. The van der Waals surface area contributed by atoms with Gasteiger partial charge in [0.15, 0.2) is 11.4 Å². The number of thiazole rings is 1. The van der Waals surface area contributed by atoms with Gasteiger partial charge in [-0.05, 0) is 13.8 Å². The van der Waals surface area contributed by atoms with Crippen molar-refractivity contribution in [2.24, 2.45) is 0 Å². The first-order chi connectivity index (χ1) is 7.80. The van der Waals surface area contributed by atoms with Crippen molar-refractivity contribution in [3.63, 3.8) is 0 Å². The van der Waals surface area contributed by atoms with Gasteiger partial charge in [-0.15, -0.1) is 0 Å². The number of halogens is 1. The Morgan fingerprint density at radius 2 is 2.29 bits per heavy atom. The molecule has 1 atom stereocenters. The molecule has 0 radical (unpaired) electrons. The minimum atomic E-state index is -1.49. The van der Waals surface area contributed by atoms with Crippen molar-refractivity contribution in [3.8, 4) is 0 Å². The van der Waals surface area contributed by atoms with Crippen LogP contribution in [0.25, 0.3) is 0 Å². The third kappa shape index (κ3) is 2.12. The lowest BCUT2D eigenvalue weighted by molar-refractivity contribution is 0.183. The fourth-order valence-electron chi connectivity index (χ4n) is 1.58. The summed E-state index contributed by atoms with van der Waals surface area (Å²) in [4.78, 5) is 18.7. The van der Waals surface area contributed by atoms with E-state index in [1.165, 1.54) is 29.8 Å². The number of carbonyl (C=O) groups excluding carboxylic acids is 1. The highest BCUT2D eigenvalue weighted by Gasteiger charge is 2.37. The van der Waals surface area contributed by atoms with Crippen molar-refractivity contribution in [2.75, 3.05) is 18.5 Å². The van der Waals surface area contributed by atoms with Crippen LogP contribution in [0.5, 0.6) is 0 Å². The molecule has 2 amide bonds. The second-order valence-electron chi connectivity index (χ2n) is 4.49. The highest BCUT2D eigenvalue weighted by molar-refractivity contribution is 7.15. The SMILES string of the molecule is CN1CC(O)N(c2ncc(C(C)(C)F)s2)C1=O. The Balaban J connectivity index is 2.29. The van der Waals surface area contributed by atoms with E-state index >= 15 is 0 Å². The number of hydrogen-bond donors (Lipinski definition) is 1. The molecule has 0 saturated carbocycles. The van der Waals surface area contributed by atoms with E-state index in [-0.39, 0.29) is 12.6 Å². The van der Waals surface area contributed by atoms with Gasteiger partial charge in [-0.2, -0.15) is 0 Å². The van der Waals surface area contributed by atoms with Crippen molar-refractivity contribution in [1.82, 2.24) is 9.88 Å². The summed E-state index contributed by atoms with van der Waals surface area (Å²) < 4.78 is 13.7. The van der Waals surface area contributed by atoms with Gasteiger partial charge in [-0.3, -0.25) is 0 Å². The lowest BCUT2D eigenvalue weighted by Gasteiger charge is -2.15. The third-order valence-corrected chi connectivity index (χ3v) is 3.85. The number of β-amino-alcohol motifs (C(OH)–C–C–N with tert-alkyl or cyclic N) is 1. The van der Waals surface area contributed by atoms with Gasteiger partial charge in [0, 0.05) is 13.2 Å². The zero-order valence-corrected chi connectivity index (χ0v) is 10.7. The number of hydrogen-bond acceptors (Lipinski definition) is 4. The summed E-state index contributed by atoms with van der Waals surface area (Å²) >= 11 is 1.08. The van der Waals surface area contributed by atoms with E-state index in [0.717, 1.165) is 11.3 Å². The first-order valence-electron chi connectivity index (χ1n) is 5.18. The Morgan fingerprint density at radius 1 is 1.65 bits per heavy atom. The highest BCUT2D eigenvalue weighted by Crippen LogP contribution is 2.35. The van der Waals surface area contributed by atoms with Crippen molar-refractivity contribution in [1.29, 1.82) is 0 Å². The molecule has 1 fully saturated rings. The summed E-state index contributed by atoms with van der Waals surface area (Å²) in [6.07, 6.45) is 0.479. The highest BCUT2D eigenvalue weighted by atomic mass is 32.1. The Morgan fingerprint density at radius 3 is 2.71 bits per heavy atom. The molecule has 0 aliphatic carbocycles. The molecule has 0 aromatic carbocycles. The number of rotatable bonds is 2. The maximum Gasteiger partial charge on any atom is 0.328 e. The van der Waals surface area contributed by atoms with E-state index in [1.54, 1.807) is 7.05 Å². The monoisotopic (exact) mass is 259 g/mol. The maximum absolute atomic E-state index is 13.7. The van der Waals surface area contributed by atoms with Crippen LogP contribution in [0.4, 0.5) is 14.3 Å². The molecule has 0 bridgehead atoms. The molecule has 1 aromatic rings. The molecule has 2 heterocycles. The smallest absolute Gasteiger partial charge is 0.328 e. The minimum absolute atomic E-state index is 0.229. The van der Waals surface area contributed by atoms with Crippen LogP contribution in [0.3, 0.4) is 0 Å². The van der Waals surface area contributed by atoms with Crippen molar-refractivity contribution in [3.05, 3.63) is 11.1 Å². The number of anilines is 1. The van der Waals surface area contributed by atoms with Gasteiger partial charge >= 0.3 is 6.03 Å². The molecule has 17 heavy (non-hydrogen) atoms. The molecule has 1 saturated heterocycles. The lowest BCUT2D eigenvalue weighted by Crippen LogP contribution is -2.34. The van der Waals surface area contributed by atoms with Crippen LogP contribution >= 0.6 is 11.3 Å². The van der Waals surface area contributed by atoms with E-state index in [0.29, 0.717) is 10.0 Å². The van der Waals surface area contributed by atoms with Crippen molar-refractivity contribution in [2.45, 2.75) is 25.7 Å². The van der Waals surface area contributed by atoms with Gasteiger partial charge in [0.05, 0.1) is 11.4 Å². The summed E-state index contributed by atoms with van der Waals surface area (Å²) in [5.41, 5.74) is -1.49. The molecule has 2 rings (SSSR count). The molecule has 1 unspecified atom stereocenters. The second-order valence-corrected chi connectivity index (χ2v) is 5.50. The maximum atomic E-state index is 13.7. The first-order valence-corrected chi connectivity index (χ1v) is 6.00. The molecular weight excluding hydrogens is 245 g/mol. The molecule has 5 nitrogen and oxygen atoms in total. The molecule has 0 spiro atoms. The van der Waals surface area contributed by atoms with Crippen LogP contribution in [0.2, 0.25) is 0 Å². The summed E-state index contributed by atoms with van der Waals surface area (Å²) in [7, 11) is 1.60. The fourth-order valence-corrected chi connectivity index (χ4v) is 2.52. The molecule has 94 valence electrons. The number of amides is 2. The topological polar surface area (TPSA) is 56.7 Å². The number of alkyl halides is 1. The van der Waals surface area contributed by atoms with E-state index in [9.17, 15) is 14.3 Å². The van der Waals surface area contributed by atoms with E-state index in [1.807, 2.05) is 0 Å². The van der Waals surface area contributed by atoms with Crippen LogP contribution < -0.4 is 4.90 Å². The zero-order valence-electron chi connectivity index (χ0n) is 9.85. The number of aliphatic hydroxyl groups is 1. The minimum Gasteiger partial charge on any atom is -0.371 e. The van der Waals surface area contributed by atoms with Crippen LogP contribution in [0, 0.1) is 0 Å². The predicted molar refractivity (Wildman–Crippen MR) is 62.8 cm³/mol. The Kier molecular flexibility index (Phi) is 2.82. The molecule has 1 aliphatic rings. The molecule has 1 aliphatic heterocycles. The van der Waals surface area contributed by atoms with Crippen LogP contribution in [-0.4, -0.2) is 40.8 Å². The third-order valence-electron chi connectivity index (χ3n) is 2.55. The molecule has 1 N–H and O–H groups in total. The number of aliphatic hydroxyl groups excluding tert-OH is 1. The Bertz CT molecular complexity index is 443. The van der Waals surface area contributed by atoms with Crippen LogP contribution in [-0.2, 0) is 5.67 Å². The van der Waals surface area contributed by atoms with Gasteiger partial charge in [0.1, 0.15) is 5.67 Å². The van der Waals surface area contributed by atoms with Gasteiger partial charge in [0.25, 0.3) is 0 Å². The summed E-state index contributed by atoms with van der Waals surface area (Å²) in [5.74, 6) is 0. The quantitative estimate of drug-likeness (QED) is 0.876. The van der Waals surface area contributed by atoms with Gasteiger partial charge in [-0.1, -0.05) is 11.3 Å². The summed E-state index contributed by atoms with van der Waals surface area (Å²) in [6.45, 7) is 3.09. The molecule has 1 aromatic heterocycles. The predicted octanol–water partition coefficient (Wildman–Crippen LogP) is 1.54. The molecule has 7 heteroatoms. The normalized spacial score (nSPS) is 21.5. The second kappa shape index (κ2) is 3.92. The fraction of sp³-hybridized carbons (Fsp3) is 0.600. The average Bonchev–Trinajstić information content (AvgIpc) is 2.73. The molecular formula is C10H14FN3O2S. The van der Waals surface area contributed by atoms with Crippen LogP contribution in [0.1, 0.15) is 18.7 Å². The van der Waals surface area contributed by atoms with Gasteiger partial charge in [0.2, 0.25) is 0 Å². The number of urea groups is 1. The average molecular weight is 259 g/mol. The Hall–Kier alpha value is -1.21. The van der Waals surface area contributed by atoms with E-state index in [2.05, 4.69) is 4.98 Å². The first kappa shape index (κ1) is 12.3. The summed E-state index contributed by atoms with van der Waals surface area (Å²) in [5, 5.41) is 10.1. The number of aromatic nitrogens is 1. The van der Waals surface area contributed by atoms with Gasteiger partial charge < -0.3 is 10.0 Å². The number of carbonyl (C=O) groups is 1. The van der Waals surface area contributed by atoms with E-state index < -0.39 is 11.9 Å². The summed E-state index contributed by atoms with van der Waals surface area (Å²) in [6, 6.07) is -0.324. The Labute approximate surface area is 102 Å². The van der Waals surface area contributed by atoms with Crippen molar-refractivity contribution >= 4 is 22.5 Å². The number of likely N-dealkylation sites (N-methyl/N-ethyl adjacent to an activating group) is 1. The van der Waals surface area contributed by atoms with Gasteiger partial charge in [-0.25, -0.2) is 19.1 Å². The lowest BCUT2D eigenvalue weighted by atomic mass is 10.1. The number of nitrogens with zero attached hydrogens (tertiary/aromatic N) is 3.